The van der Waals surface area contributed by atoms with E-state index in [0.29, 0.717) is 0 Å². The molecule has 0 saturated heterocycles. The second-order valence-corrected chi connectivity index (χ2v) is 3.49. The van der Waals surface area contributed by atoms with Gasteiger partial charge in [-0.2, -0.15) is 0 Å². The van der Waals surface area contributed by atoms with Crippen molar-refractivity contribution in [3.05, 3.63) is 51.7 Å². The summed E-state index contributed by atoms with van der Waals surface area (Å²) >= 11 is 5.64. The molecule has 7 heteroatoms. The fourth-order valence-corrected chi connectivity index (χ4v) is 1.29. The van der Waals surface area contributed by atoms with Gasteiger partial charge in [0.15, 0.2) is 0 Å². The number of carbonyl (C=O) groups is 1. The minimum absolute atomic E-state index is 0.0859. The Labute approximate surface area is 101 Å². The molecule has 17 heavy (non-hydrogen) atoms. The van der Waals surface area contributed by atoms with Gasteiger partial charge in [0.1, 0.15) is 5.15 Å². The van der Waals surface area contributed by atoms with E-state index in [4.69, 9.17) is 11.6 Å². The summed E-state index contributed by atoms with van der Waals surface area (Å²) in [5.74, 6) is -0.388. The van der Waals surface area contributed by atoms with Crippen LogP contribution < -0.4 is 10.9 Å². The Morgan fingerprint density at radius 1 is 1.41 bits per heavy atom. The first kappa shape index (κ1) is 11.3. The van der Waals surface area contributed by atoms with E-state index in [1.54, 1.807) is 0 Å². The van der Waals surface area contributed by atoms with Crippen LogP contribution in [0.3, 0.4) is 0 Å². The molecule has 2 heterocycles. The second kappa shape index (κ2) is 4.75. The van der Waals surface area contributed by atoms with Crippen molar-refractivity contribution in [1.29, 1.82) is 0 Å². The number of rotatable bonds is 2. The molecule has 1 amide bonds. The van der Waals surface area contributed by atoms with Crippen molar-refractivity contribution in [2.24, 2.45) is 0 Å². The number of hydrogen-bond donors (Lipinski definition) is 2. The molecule has 0 unspecified atom stereocenters. The number of anilines is 1. The lowest BCUT2D eigenvalue weighted by molar-refractivity contribution is 0.102. The zero-order chi connectivity index (χ0) is 12.3. The van der Waals surface area contributed by atoms with Crippen LogP contribution in [0.2, 0.25) is 5.15 Å². The highest BCUT2D eigenvalue weighted by Gasteiger charge is 2.08. The molecule has 2 N–H and O–H groups in total. The van der Waals surface area contributed by atoms with Crippen molar-refractivity contribution in [2.45, 2.75) is 0 Å². The SMILES string of the molecule is O=C(Nc1nccc(Cl)n1)c1cc[nH]c(=O)c1. The highest BCUT2D eigenvalue weighted by molar-refractivity contribution is 6.29. The number of carbonyl (C=O) groups excluding carboxylic acids is 1. The molecule has 0 fully saturated rings. The second-order valence-electron chi connectivity index (χ2n) is 3.10. The van der Waals surface area contributed by atoms with Gasteiger partial charge in [-0.1, -0.05) is 11.6 Å². The third-order valence-electron chi connectivity index (χ3n) is 1.88. The van der Waals surface area contributed by atoms with Crippen molar-refractivity contribution in [3.8, 4) is 0 Å². The van der Waals surface area contributed by atoms with E-state index >= 15 is 0 Å². The largest absolute Gasteiger partial charge is 0.329 e. The number of nitrogens with one attached hydrogen (secondary N) is 2. The minimum Gasteiger partial charge on any atom is -0.329 e. The van der Waals surface area contributed by atoms with Gasteiger partial charge in [0, 0.05) is 24.0 Å². The zero-order valence-corrected chi connectivity index (χ0v) is 9.23. The summed E-state index contributed by atoms with van der Waals surface area (Å²) in [5.41, 5.74) is -0.137. The Morgan fingerprint density at radius 2 is 2.24 bits per heavy atom. The van der Waals surface area contributed by atoms with Gasteiger partial charge in [0.25, 0.3) is 5.91 Å². The van der Waals surface area contributed by atoms with Crippen molar-refractivity contribution in [2.75, 3.05) is 5.32 Å². The average Bonchev–Trinajstić information content (AvgIpc) is 2.29. The molecule has 86 valence electrons. The Morgan fingerprint density at radius 3 is 2.94 bits per heavy atom. The predicted octanol–water partition coefficient (Wildman–Crippen LogP) is 1.07. The van der Waals surface area contributed by atoms with E-state index in [0.717, 1.165) is 0 Å². The molecule has 0 atom stereocenters. The number of nitrogens with zero attached hydrogens (tertiary/aromatic N) is 2. The number of halogens is 1. The van der Waals surface area contributed by atoms with E-state index in [9.17, 15) is 9.59 Å². The van der Waals surface area contributed by atoms with E-state index in [1.165, 1.54) is 30.6 Å². The first-order valence-corrected chi connectivity index (χ1v) is 5.01. The Bertz CT molecular complexity index is 611. The molecule has 0 saturated carbocycles. The number of aromatic amines is 1. The van der Waals surface area contributed by atoms with Gasteiger partial charge < -0.3 is 4.98 Å². The smallest absolute Gasteiger partial charge is 0.258 e. The first-order valence-electron chi connectivity index (χ1n) is 4.64. The van der Waals surface area contributed by atoms with Gasteiger partial charge in [-0.25, -0.2) is 9.97 Å². The zero-order valence-electron chi connectivity index (χ0n) is 8.48. The molecule has 0 aromatic carbocycles. The van der Waals surface area contributed by atoms with Crippen LogP contribution in [0, 0.1) is 0 Å². The molecule has 0 radical (unpaired) electrons. The lowest BCUT2D eigenvalue weighted by atomic mass is 10.2. The van der Waals surface area contributed by atoms with Gasteiger partial charge >= 0.3 is 0 Å². The van der Waals surface area contributed by atoms with Crippen LogP contribution in [-0.4, -0.2) is 20.9 Å². The molecular formula is C10H7ClN4O2. The number of H-pyrrole nitrogens is 1. The van der Waals surface area contributed by atoms with Crippen LogP contribution in [0.5, 0.6) is 0 Å². The quantitative estimate of drug-likeness (QED) is 0.781. The maximum absolute atomic E-state index is 11.7. The van der Waals surface area contributed by atoms with E-state index in [1.807, 2.05) is 0 Å². The Kier molecular flexibility index (Phi) is 3.15. The third kappa shape index (κ3) is 2.88. The lowest BCUT2D eigenvalue weighted by Crippen LogP contribution is -2.17. The number of aromatic nitrogens is 3. The number of pyridine rings is 1. The minimum atomic E-state index is -0.474. The Balaban J connectivity index is 2.20. The molecule has 2 aromatic heterocycles. The van der Waals surface area contributed by atoms with Crippen LogP contribution in [0.4, 0.5) is 5.95 Å². The van der Waals surface area contributed by atoms with E-state index < -0.39 is 5.91 Å². The maximum Gasteiger partial charge on any atom is 0.258 e. The average molecular weight is 251 g/mol. The molecule has 0 aliphatic carbocycles. The molecular weight excluding hydrogens is 244 g/mol. The highest BCUT2D eigenvalue weighted by atomic mass is 35.5. The number of amides is 1. The van der Waals surface area contributed by atoms with Gasteiger partial charge in [-0.05, 0) is 12.1 Å². The summed E-state index contributed by atoms with van der Waals surface area (Å²) in [7, 11) is 0. The van der Waals surface area contributed by atoms with Crippen LogP contribution >= 0.6 is 11.6 Å². The summed E-state index contributed by atoms with van der Waals surface area (Å²) in [4.78, 5) is 32.7. The summed E-state index contributed by atoms with van der Waals surface area (Å²) < 4.78 is 0. The lowest BCUT2D eigenvalue weighted by Gasteiger charge is -2.02. The fraction of sp³-hybridized carbons (Fsp3) is 0. The molecule has 2 rings (SSSR count). The third-order valence-corrected chi connectivity index (χ3v) is 2.09. The molecule has 2 aromatic rings. The predicted molar refractivity (Wildman–Crippen MR) is 62.1 cm³/mol. The van der Waals surface area contributed by atoms with Crippen LogP contribution in [0.25, 0.3) is 0 Å². The molecule has 6 nitrogen and oxygen atoms in total. The van der Waals surface area contributed by atoms with Crippen LogP contribution in [0.15, 0.2) is 35.4 Å². The molecule has 0 spiro atoms. The van der Waals surface area contributed by atoms with Crippen molar-refractivity contribution >= 4 is 23.5 Å². The monoisotopic (exact) mass is 250 g/mol. The molecule has 0 bridgehead atoms. The van der Waals surface area contributed by atoms with Gasteiger partial charge in [0.2, 0.25) is 11.5 Å². The van der Waals surface area contributed by atoms with Gasteiger partial charge in [0.05, 0.1) is 0 Å². The van der Waals surface area contributed by atoms with Gasteiger partial charge in [-0.15, -0.1) is 0 Å². The summed E-state index contributed by atoms with van der Waals surface area (Å²) in [6.07, 6.45) is 2.80. The standard InChI is InChI=1S/C10H7ClN4O2/c11-7-2-4-13-10(14-7)15-9(17)6-1-3-12-8(16)5-6/h1-5H,(H,12,16)(H,13,14,15,17). The molecule has 0 aliphatic heterocycles. The number of hydrogen-bond acceptors (Lipinski definition) is 4. The van der Waals surface area contributed by atoms with Crippen LogP contribution in [-0.2, 0) is 0 Å². The topological polar surface area (TPSA) is 87.7 Å². The van der Waals surface area contributed by atoms with Gasteiger partial charge in [-0.3, -0.25) is 14.9 Å². The van der Waals surface area contributed by atoms with Crippen molar-refractivity contribution < 1.29 is 4.79 Å². The maximum atomic E-state index is 11.7. The first-order chi connectivity index (χ1) is 8.15. The normalized spacial score (nSPS) is 9.94. The van der Waals surface area contributed by atoms with E-state index in [2.05, 4.69) is 20.3 Å². The summed E-state index contributed by atoms with van der Waals surface area (Å²) in [6, 6.07) is 4.14. The molecule has 0 aliphatic rings. The van der Waals surface area contributed by atoms with Crippen molar-refractivity contribution in [3.63, 3.8) is 0 Å². The fourth-order valence-electron chi connectivity index (χ4n) is 1.16. The Hall–Kier alpha value is -2.21. The summed E-state index contributed by atoms with van der Waals surface area (Å²) in [6.45, 7) is 0. The van der Waals surface area contributed by atoms with E-state index in [-0.39, 0.29) is 22.2 Å². The highest BCUT2D eigenvalue weighted by Crippen LogP contribution is 2.06. The van der Waals surface area contributed by atoms with Crippen molar-refractivity contribution in [1.82, 2.24) is 15.0 Å². The summed E-state index contributed by atoms with van der Waals surface area (Å²) in [5, 5.41) is 2.65. The van der Waals surface area contributed by atoms with Crippen LogP contribution in [0.1, 0.15) is 10.4 Å².